The van der Waals surface area contributed by atoms with Crippen molar-refractivity contribution < 1.29 is 4.74 Å². The van der Waals surface area contributed by atoms with Crippen LogP contribution in [0.5, 0.6) is 0 Å². The first-order valence-electron chi connectivity index (χ1n) is 7.81. The summed E-state index contributed by atoms with van der Waals surface area (Å²) in [6.07, 6.45) is 6.65. The average Bonchev–Trinajstić information content (AvgIpc) is 2.80. The third-order valence-electron chi connectivity index (χ3n) is 4.79. The van der Waals surface area contributed by atoms with E-state index in [2.05, 4.69) is 38.1 Å². The fourth-order valence-corrected chi connectivity index (χ4v) is 3.95. The van der Waals surface area contributed by atoms with E-state index in [0.29, 0.717) is 0 Å². The minimum absolute atomic E-state index is 0.0977. The first-order chi connectivity index (χ1) is 10.1. The fraction of sp³-hybridized carbons (Fsp3) is 0.800. The smallest absolute Gasteiger partial charge is 0.0848 e. The summed E-state index contributed by atoms with van der Waals surface area (Å²) in [6, 6.07) is 0.0977. The van der Waals surface area contributed by atoms with Crippen molar-refractivity contribution >= 4 is 15.9 Å². The first-order valence-corrected chi connectivity index (χ1v) is 8.60. The van der Waals surface area contributed by atoms with E-state index in [1.807, 2.05) is 14.0 Å². The van der Waals surface area contributed by atoms with E-state index in [0.717, 1.165) is 36.0 Å². The summed E-state index contributed by atoms with van der Waals surface area (Å²) < 4.78 is 9.08. The Balaban J connectivity index is 2.26. The summed E-state index contributed by atoms with van der Waals surface area (Å²) >= 11 is 3.67. The Labute approximate surface area is 135 Å². The maximum Gasteiger partial charge on any atom is 0.0848 e. The lowest BCUT2D eigenvalue weighted by molar-refractivity contribution is -0.0677. The molecule has 0 spiro atoms. The van der Waals surface area contributed by atoms with Gasteiger partial charge in [0, 0.05) is 20.1 Å². The second kappa shape index (κ2) is 7.22. The van der Waals surface area contributed by atoms with Gasteiger partial charge in [0.05, 0.1) is 27.5 Å². The van der Waals surface area contributed by atoms with Gasteiger partial charge in [0.1, 0.15) is 0 Å². The van der Waals surface area contributed by atoms with Crippen LogP contribution < -0.4 is 11.3 Å². The van der Waals surface area contributed by atoms with E-state index < -0.39 is 0 Å². The van der Waals surface area contributed by atoms with Crippen LogP contribution in [0.2, 0.25) is 0 Å². The number of hydrazine groups is 1. The molecule has 1 unspecified atom stereocenters. The van der Waals surface area contributed by atoms with Gasteiger partial charge in [-0.3, -0.25) is 16.0 Å². The van der Waals surface area contributed by atoms with Gasteiger partial charge in [-0.15, -0.1) is 0 Å². The number of nitrogens with two attached hydrogens (primary N) is 1. The summed E-state index contributed by atoms with van der Waals surface area (Å²) in [4.78, 5) is 0. The molecule has 21 heavy (non-hydrogen) atoms. The second-order valence-electron chi connectivity index (χ2n) is 5.91. The van der Waals surface area contributed by atoms with Gasteiger partial charge >= 0.3 is 0 Å². The lowest BCUT2D eigenvalue weighted by Gasteiger charge is -2.42. The van der Waals surface area contributed by atoms with Crippen LogP contribution in [-0.2, 0) is 17.7 Å². The molecular formula is C15H27BrN4O. The summed E-state index contributed by atoms with van der Waals surface area (Å²) in [5, 5.41) is 4.57. The molecule has 1 aliphatic rings. The summed E-state index contributed by atoms with van der Waals surface area (Å²) in [5.41, 5.74) is 5.07. The molecule has 0 aromatic carbocycles. The molecule has 0 aliphatic heterocycles. The van der Waals surface area contributed by atoms with Crippen LogP contribution in [0.25, 0.3) is 0 Å². The Bertz CT molecular complexity index is 468. The van der Waals surface area contributed by atoms with Crippen molar-refractivity contribution in [1.82, 2.24) is 15.2 Å². The molecule has 0 saturated heterocycles. The number of rotatable bonds is 6. The van der Waals surface area contributed by atoms with Gasteiger partial charge in [-0.25, -0.2) is 0 Å². The van der Waals surface area contributed by atoms with E-state index in [1.165, 1.54) is 25.0 Å². The minimum atomic E-state index is -0.164. The summed E-state index contributed by atoms with van der Waals surface area (Å²) in [7, 11) is 1.81. The number of nitrogens with one attached hydrogen (secondary N) is 1. The molecule has 3 N–H and O–H groups in total. The van der Waals surface area contributed by atoms with Crippen LogP contribution in [0.3, 0.4) is 0 Å². The Morgan fingerprint density at radius 3 is 2.62 bits per heavy atom. The molecule has 1 aliphatic carbocycles. The largest absolute Gasteiger partial charge is 0.377 e. The van der Waals surface area contributed by atoms with Crippen LogP contribution in [0.1, 0.15) is 50.4 Å². The zero-order valence-corrected chi connectivity index (χ0v) is 14.9. The summed E-state index contributed by atoms with van der Waals surface area (Å²) in [6.45, 7) is 5.00. The molecular weight excluding hydrogens is 332 g/mol. The fourth-order valence-electron chi connectivity index (χ4n) is 3.50. The highest BCUT2D eigenvalue weighted by Gasteiger charge is 2.40. The maximum absolute atomic E-state index is 5.94. The third kappa shape index (κ3) is 3.33. The minimum Gasteiger partial charge on any atom is -0.377 e. The van der Waals surface area contributed by atoms with E-state index in [9.17, 15) is 0 Å². The van der Waals surface area contributed by atoms with E-state index in [4.69, 9.17) is 10.6 Å². The number of methoxy groups -OCH3 is 1. The van der Waals surface area contributed by atoms with Gasteiger partial charge in [0.2, 0.25) is 0 Å². The van der Waals surface area contributed by atoms with Crippen molar-refractivity contribution in [2.24, 2.45) is 5.84 Å². The molecule has 1 aromatic rings. The van der Waals surface area contributed by atoms with Gasteiger partial charge < -0.3 is 4.74 Å². The van der Waals surface area contributed by atoms with Crippen LogP contribution in [0.4, 0.5) is 0 Å². The third-order valence-corrected chi connectivity index (χ3v) is 5.82. The first kappa shape index (κ1) is 16.9. The quantitative estimate of drug-likeness (QED) is 0.606. The van der Waals surface area contributed by atoms with Gasteiger partial charge in [-0.05, 0) is 42.6 Å². The molecule has 0 bridgehead atoms. The molecule has 1 saturated carbocycles. The number of hydrogen-bond donors (Lipinski definition) is 2. The van der Waals surface area contributed by atoms with Crippen molar-refractivity contribution in [3.63, 3.8) is 0 Å². The number of aromatic nitrogens is 2. The van der Waals surface area contributed by atoms with Crippen molar-refractivity contribution in [3.05, 3.63) is 15.9 Å². The Hall–Kier alpha value is -0.430. The molecule has 120 valence electrons. The Morgan fingerprint density at radius 1 is 1.43 bits per heavy atom. The van der Waals surface area contributed by atoms with Gasteiger partial charge in [0.25, 0.3) is 0 Å². The predicted octanol–water partition coefficient (Wildman–Crippen LogP) is 2.70. The monoisotopic (exact) mass is 358 g/mol. The molecule has 1 atom stereocenters. The second-order valence-corrected chi connectivity index (χ2v) is 6.71. The van der Waals surface area contributed by atoms with E-state index in [-0.39, 0.29) is 11.6 Å². The number of halogens is 1. The number of ether oxygens (including phenoxy) is 1. The molecule has 6 heteroatoms. The molecule has 1 heterocycles. The lowest BCUT2D eigenvalue weighted by Crippen LogP contribution is -2.56. The molecule has 1 aromatic heterocycles. The average molecular weight is 359 g/mol. The summed E-state index contributed by atoms with van der Waals surface area (Å²) in [5.74, 6) is 5.89. The van der Waals surface area contributed by atoms with E-state index >= 15 is 0 Å². The SMILES string of the molecule is CCn1nc(C)c(Br)c1CC(NN)C1(OC)CCCCC1. The highest BCUT2D eigenvalue weighted by molar-refractivity contribution is 9.10. The lowest BCUT2D eigenvalue weighted by atomic mass is 9.78. The van der Waals surface area contributed by atoms with Crippen LogP contribution >= 0.6 is 15.9 Å². The van der Waals surface area contributed by atoms with E-state index in [1.54, 1.807) is 0 Å². The predicted molar refractivity (Wildman–Crippen MR) is 88.0 cm³/mol. The number of aryl methyl sites for hydroxylation is 2. The molecule has 5 nitrogen and oxygen atoms in total. The van der Waals surface area contributed by atoms with Crippen molar-refractivity contribution in [2.75, 3.05) is 7.11 Å². The zero-order chi connectivity index (χ0) is 15.5. The number of hydrogen-bond acceptors (Lipinski definition) is 4. The maximum atomic E-state index is 5.94. The Kier molecular flexibility index (Phi) is 5.82. The van der Waals surface area contributed by atoms with Crippen LogP contribution in [0, 0.1) is 6.92 Å². The zero-order valence-electron chi connectivity index (χ0n) is 13.3. The van der Waals surface area contributed by atoms with Gasteiger partial charge in [-0.1, -0.05) is 19.3 Å². The Morgan fingerprint density at radius 2 is 2.10 bits per heavy atom. The van der Waals surface area contributed by atoms with Crippen LogP contribution in [0.15, 0.2) is 4.47 Å². The van der Waals surface area contributed by atoms with Crippen molar-refractivity contribution in [3.8, 4) is 0 Å². The normalized spacial score (nSPS) is 19.7. The standard InChI is InChI=1S/C15H27BrN4O/c1-4-20-12(14(16)11(2)19-20)10-13(18-17)15(21-3)8-6-5-7-9-15/h13,18H,4-10,17H2,1-3H3. The molecule has 0 radical (unpaired) electrons. The van der Waals surface area contributed by atoms with Crippen molar-refractivity contribution in [1.29, 1.82) is 0 Å². The highest BCUT2D eigenvalue weighted by Crippen LogP contribution is 2.36. The number of nitrogens with zero attached hydrogens (tertiary/aromatic N) is 2. The molecule has 2 rings (SSSR count). The van der Waals surface area contributed by atoms with Gasteiger partial charge in [0.15, 0.2) is 0 Å². The highest BCUT2D eigenvalue weighted by atomic mass is 79.9. The van der Waals surface area contributed by atoms with Crippen molar-refractivity contribution in [2.45, 2.75) is 70.6 Å². The topological polar surface area (TPSA) is 65.1 Å². The molecule has 0 amide bonds. The van der Waals surface area contributed by atoms with Gasteiger partial charge in [-0.2, -0.15) is 5.10 Å². The molecule has 1 fully saturated rings. The van der Waals surface area contributed by atoms with Crippen LogP contribution in [-0.4, -0.2) is 28.5 Å².